The highest BCUT2D eigenvalue weighted by atomic mass is 16.5. The zero-order chi connectivity index (χ0) is 14.2. The normalized spacial score (nSPS) is 11.1. The number of hydrogen-bond acceptors (Lipinski definition) is 2. The van der Waals surface area contributed by atoms with Crippen molar-refractivity contribution in [2.75, 3.05) is 6.61 Å². The molecule has 0 aromatic heterocycles. The van der Waals surface area contributed by atoms with Gasteiger partial charge in [0, 0.05) is 6.92 Å². The van der Waals surface area contributed by atoms with Crippen LogP contribution in [0.3, 0.4) is 0 Å². The van der Waals surface area contributed by atoms with Crippen LogP contribution in [0.2, 0.25) is 0 Å². The van der Waals surface area contributed by atoms with Crippen LogP contribution in [0.15, 0.2) is 12.2 Å². The van der Waals surface area contributed by atoms with E-state index in [1.807, 2.05) is 0 Å². The fraction of sp³-hybridized carbons (Fsp3) is 0.824. The molecule has 0 heterocycles. The maximum atomic E-state index is 10.5. The second-order valence-corrected chi connectivity index (χ2v) is 5.22. The van der Waals surface area contributed by atoms with E-state index >= 15 is 0 Å². The Morgan fingerprint density at radius 1 is 0.842 bits per heavy atom. The van der Waals surface area contributed by atoms with Crippen molar-refractivity contribution >= 4 is 5.97 Å². The minimum Gasteiger partial charge on any atom is -0.466 e. The average Bonchev–Trinajstić information content (AvgIpc) is 2.39. The molecule has 0 N–H and O–H groups in total. The van der Waals surface area contributed by atoms with Gasteiger partial charge in [-0.2, -0.15) is 0 Å². The Morgan fingerprint density at radius 3 is 1.95 bits per heavy atom. The topological polar surface area (TPSA) is 26.3 Å². The summed E-state index contributed by atoms with van der Waals surface area (Å²) in [5.74, 6) is -0.161. The van der Waals surface area contributed by atoms with E-state index in [-0.39, 0.29) is 5.97 Å². The van der Waals surface area contributed by atoms with Crippen LogP contribution in [0, 0.1) is 0 Å². The van der Waals surface area contributed by atoms with Crippen molar-refractivity contribution in [3.63, 3.8) is 0 Å². The Labute approximate surface area is 119 Å². The van der Waals surface area contributed by atoms with E-state index < -0.39 is 0 Å². The molecule has 0 amide bonds. The van der Waals surface area contributed by atoms with E-state index in [2.05, 4.69) is 19.1 Å². The molecule has 0 bridgehead atoms. The zero-order valence-corrected chi connectivity index (χ0v) is 13.0. The Morgan fingerprint density at radius 2 is 1.37 bits per heavy atom. The molecule has 0 aromatic rings. The Hall–Kier alpha value is -0.790. The Balaban J connectivity index is 3.04. The van der Waals surface area contributed by atoms with Gasteiger partial charge in [-0.05, 0) is 32.1 Å². The first-order valence-corrected chi connectivity index (χ1v) is 8.05. The molecule has 0 saturated heterocycles. The van der Waals surface area contributed by atoms with E-state index in [4.69, 9.17) is 4.74 Å². The fourth-order valence-electron chi connectivity index (χ4n) is 2.04. The number of ether oxygens (including phenoxy) is 1. The third kappa shape index (κ3) is 17.2. The molecule has 2 heteroatoms. The lowest BCUT2D eigenvalue weighted by Crippen LogP contribution is -1.99. The molecule has 0 spiro atoms. The van der Waals surface area contributed by atoms with Gasteiger partial charge in [-0.1, -0.05) is 57.6 Å². The summed E-state index contributed by atoms with van der Waals surface area (Å²) in [7, 11) is 0. The van der Waals surface area contributed by atoms with Crippen molar-refractivity contribution in [1.29, 1.82) is 0 Å². The molecule has 0 rings (SSSR count). The molecular weight excluding hydrogens is 236 g/mol. The maximum absolute atomic E-state index is 10.5. The highest BCUT2D eigenvalue weighted by molar-refractivity contribution is 5.65. The summed E-state index contributed by atoms with van der Waals surface area (Å²) in [6.45, 7) is 4.31. The van der Waals surface area contributed by atoms with Gasteiger partial charge in [0.1, 0.15) is 0 Å². The Kier molecular flexibility index (Phi) is 14.6. The minimum absolute atomic E-state index is 0.161. The predicted molar refractivity (Wildman–Crippen MR) is 82.2 cm³/mol. The van der Waals surface area contributed by atoms with Gasteiger partial charge >= 0.3 is 5.97 Å². The molecule has 0 unspecified atom stereocenters. The first kappa shape index (κ1) is 18.2. The zero-order valence-electron chi connectivity index (χ0n) is 13.0. The summed E-state index contributed by atoms with van der Waals surface area (Å²) >= 11 is 0. The molecule has 0 aromatic carbocycles. The largest absolute Gasteiger partial charge is 0.466 e. The predicted octanol–water partition coefficient (Wildman–Crippen LogP) is 5.42. The standard InChI is InChI=1S/C17H32O2/c1-3-4-5-6-7-8-9-10-11-12-13-14-15-16-19-17(2)18/h7-8H,3-6,9-16H2,1-2H3/b8-7+. The lowest BCUT2D eigenvalue weighted by molar-refractivity contribution is -0.141. The molecule has 0 fully saturated rings. The first-order chi connectivity index (χ1) is 9.27. The highest BCUT2D eigenvalue weighted by Gasteiger charge is 1.93. The summed E-state index contributed by atoms with van der Waals surface area (Å²) in [4.78, 5) is 10.5. The van der Waals surface area contributed by atoms with Crippen molar-refractivity contribution in [3.8, 4) is 0 Å². The van der Waals surface area contributed by atoms with Crippen LogP contribution in [-0.4, -0.2) is 12.6 Å². The van der Waals surface area contributed by atoms with Gasteiger partial charge in [0.15, 0.2) is 0 Å². The number of carbonyl (C=O) groups is 1. The molecule has 0 aliphatic carbocycles. The van der Waals surface area contributed by atoms with Gasteiger partial charge in [0.25, 0.3) is 0 Å². The quantitative estimate of drug-likeness (QED) is 0.253. The first-order valence-electron chi connectivity index (χ1n) is 8.05. The highest BCUT2D eigenvalue weighted by Crippen LogP contribution is 2.08. The molecule has 0 aliphatic rings. The molecule has 2 nitrogen and oxygen atoms in total. The van der Waals surface area contributed by atoms with Gasteiger partial charge in [-0.15, -0.1) is 0 Å². The summed E-state index contributed by atoms with van der Waals surface area (Å²) in [5.41, 5.74) is 0. The SMILES string of the molecule is CCCCC/C=C/CCCCCCCCOC(C)=O. The molecule has 0 radical (unpaired) electrons. The second kappa shape index (κ2) is 15.3. The van der Waals surface area contributed by atoms with Crippen LogP contribution in [-0.2, 0) is 9.53 Å². The molecule has 0 saturated carbocycles. The van der Waals surface area contributed by atoms with Crippen LogP contribution in [0.1, 0.15) is 84.5 Å². The summed E-state index contributed by atoms with van der Waals surface area (Å²) in [5, 5.41) is 0. The molecule has 0 aliphatic heterocycles. The number of esters is 1. The number of carbonyl (C=O) groups excluding carboxylic acids is 1. The van der Waals surface area contributed by atoms with Gasteiger partial charge in [-0.3, -0.25) is 4.79 Å². The molecular formula is C17H32O2. The number of allylic oxidation sites excluding steroid dienone is 2. The molecule has 0 atom stereocenters. The lowest BCUT2D eigenvalue weighted by atomic mass is 10.1. The third-order valence-corrected chi connectivity index (χ3v) is 3.21. The summed E-state index contributed by atoms with van der Waals surface area (Å²) in [6.07, 6.45) is 18.6. The van der Waals surface area contributed by atoms with Crippen molar-refractivity contribution in [3.05, 3.63) is 12.2 Å². The Bertz CT molecular complexity index is 221. The van der Waals surface area contributed by atoms with Crippen LogP contribution in [0.4, 0.5) is 0 Å². The monoisotopic (exact) mass is 268 g/mol. The van der Waals surface area contributed by atoms with Crippen LogP contribution >= 0.6 is 0 Å². The smallest absolute Gasteiger partial charge is 0.302 e. The number of hydrogen-bond donors (Lipinski definition) is 0. The van der Waals surface area contributed by atoms with Gasteiger partial charge in [-0.25, -0.2) is 0 Å². The van der Waals surface area contributed by atoms with E-state index in [0.29, 0.717) is 6.61 Å². The fourth-order valence-corrected chi connectivity index (χ4v) is 2.04. The van der Waals surface area contributed by atoms with Crippen molar-refractivity contribution < 1.29 is 9.53 Å². The number of unbranched alkanes of at least 4 members (excludes halogenated alkanes) is 9. The van der Waals surface area contributed by atoms with Crippen molar-refractivity contribution in [2.24, 2.45) is 0 Å². The van der Waals surface area contributed by atoms with E-state index in [1.54, 1.807) is 0 Å². The average molecular weight is 268 g/mol. The van der Waals surface area contributed by atoms with E-state index in [1.165, 1.54) is 71.1 Å². The van der Waals surface area contributed by atoms with Crippen LogP contribution in [0.25, 0.3) is 0 Å². The van der Waals surface area contributed by atoms with Gasteiger partial charge in [0.2, 0.25) is 0 Å². The van der Waals surface area contributed by atoms with Crippen molar-refractivity contribution in [1.82, 2.24) is 0 Å². The second-order valence-electron chi connectivity index (χ2n) is 5.22. The minimum atomic E-state index is -0.161. The lowest BCUT2D eigenvalue weighted by Gasteiger charge is -2.02. The van der Waals surface area contributed by atoms with E-state index in [0.717, 1.165) is 6.42 Å². The molecule has 19 heavy (non-hydrogen) atoms. The van der Waals surface area contributed by atoms with Crippen molar-refractivity contribution in [2.45, 2.75) is 84.5 Å². The van der Waals surface area contributed by atoms with E-state index in [9.17, 15) is 4.79 Å². The molecule has 112 valence electrons. The maximum Gasteiger partial charge on any atom is 0.302 e. The van der Waals surface area contributed by atoms with Gasteiger partial charge < -0.3 is 4.74 Å². The number of rotatable bonds is 13. The van der Waals surface area contributed by atoms with Gasteiger partial charge in [0.05, 0.1) is 6.61 Å². The van der Waals surface area contributed by atoms with Crippen LogP contribution in [0.5, 0.6) is 0 Å². The summed E-state index contributed by atoms with van der Waals surface area (Å²) < 4.78 is 4.89. The van der Waals surface area contributed by atoms with Crippen LogP contribution < -0.4 is 0 Å². The third-order valence-electron chi connectivity index (χ3n) is 3.21. The summed E-state index contributed by atoms with van der Waals surface area (Å²) in [6, 6.07) is 0.